The number of likely N-dealkylation sites (tertiary alicyclic amines) is 2. The van der Waals surface area contributed by atoms with Gasteiger partial charge in [0.1, 0.15) is 0 Å². The Bertz CT molecular complexity index is 617. The van der Waals surface area contributed by atoms with Crippen molar-refractivity contribution < 1.29 is 9.53 Å². The monoisotopic (exact) mass is 341 g/mol. The molecule has 2 fully saturated rings. The predicted molar refractivity (Wildman–Crippen MR) is 95.9 cm³/mol. The van der Waals surface area contributed by atoms with Gasteiger partial charge in [0, 0.05) is 51.1 Å². The average molecular weight is 341 g/mol. The largest absolute Gasteiger partial charge is 0.378 e. The molecule has 5 nitrogen and oxygen atoms in total. The molecule has 0 aromatic carbocycles. The molecule has 1 aliphatic carbocycles. The first-order chi connectivity index (χ1) is 12.3. The van der Waals surface area contributed by atoms with Crippen molar-refractivity contribution in [2.24, 2.45) is 5.92 Å². The molecule has 134 valence electrons. The van der Waals surface area contributed by atoms with Crippen LogP contribution < -0.4 is 0 Å². The zero-order chi connectivity index (χ0) is 17.2. The molecule has 4 rings (SSSR count). The second-order valence-electron chi connectivity index (χ2n) is 7.40. The molecule has 5 heteroatoms. The van der Waals surface area contributed by atoms with Crippen LogP contribution in [0.4, 0.5) is 0 Å². The summed E-state index contributed by atoms with van der Waals surface area (Å²) < 4.78 is 5.66. The zero-order valence-corrected chi connectivity index (χ0v) is 14.9. The number of carbonyl (C=O) groups excluding carboxylic acids is 1. The summed E-state index contributed by atoms with van der Waals surface area (Å²) >= 11 is 0. The van der Waals surface area contributed by atoms with Crippen molar-refractivity contribution in [1.29, 1.82) is 0 Å². The first kappa shape index (κ1) is 16.7. The van der Waals surface area contributed by atoms with Gasteiger partial charge in [0.25, 0.3) is 0 Å². The molecule has 3 aliphatic rings. The minimum Gasteiger partial charge on any atom is -0.378 e. The summed E-state index contributed by atoms with van der Waals surface area (Å²) in [6.07, 6.45) is 12.2. The Morgan fingerprint density at radius 2 is 2.00 bits per heavy atom. The number of rotatable bonds is 4. The Labute approximate surface area is 149 Å². The van der Waals surface area contributed by atoms with Crippen LogP contribution in [0, 0.1) is 5.92 Å². The maximum Gasteiger partial charge on any atom is 0.226 e. The number of methoxy groups -OCH3 is 1. The van der Waals surface area contributed by atoms with Crippen LogP contribution in [-0.4, -0.2) is 59.6 Å². The number of hydrogen-bond donors (Lipinski definition) is 0. The van der Waals surface area contributed by atoms with E-state index in [-0.39, 0.29) is 12.0 Å². The lowest BCUT2D eigenvalue weighted by Crippen LogP contribution is -2.60. The van der Waals surface area contributed by atoms with Crippen molar-refractivity contribution in [3.8, 4) is 0 Å². The number of piperidine rings is 1. The third kappa shape index (κ3) is 3.23. The summed E-state index contributed by atoms with van der Waals surface area (Å²) in [6.45, 7) is 2.74. The first-order valence-electron chi connectivity index (χ1n) is 9.40. The third-order valence-corrected chi connectivity index (χ3v) is 6.03. The van der Waals surface area contributed by atoms with E-state index in [0.29, 0.717) is 18.0 Å². The first-order valence-corrected chi connectivity index (χ1v) is 9.40. The van der Waals surface area contributed by atoms with Crippen LogP contribution in [0.3, 0.4) is 0 Å². The summed E-state index contributed by atoms with van der Waals surface area (Å²) in [5.74, 6) is 0.548. The summed E-state index contributed by atoms with van der Waals surface area (Å²) in [6, 6.07) is 4.96. The molecule has 0 radical (unpaired) electrons. The molecule has 1 aromatic rings. The molecule has 2 aliphatic heterocycles. The standard InChI is InChI=1S/C20H27N3O2/c1-25-18-14-23(19(18)16-7-4-10-21-13-16)17-8-11-22(12-9-17)20(24)15-5-2-3-6-15/h2-4,7,10,13,15,17-19H,5-6,8-9,11-12,14H2,1H3. The number of carbonyl (C=O) groups is 1. The SMILES string of the molecule is COC1CN(C2CCN(C(=O)C3CC=CC3)CC2)C1c1cccnc1. The number of allylic oxidation sites excluding steroid dienone is 2. The van der Waals surface area contributed by atoms with E-state index in [9.17, 15) is 4.79 Å². The molecular formula is C20H27N3O2. The highest BCUT2D eigenvalue weighted by Gasteiger charge is 2.44. The van der Waals surface area contributed by atoms with Gasteiger partial charge >= 0.3 is 0 Å². The fourth-order valence-electron chi connectivity index (χ4n) is 4.53. The van der Waals surface area contributed by atoms with Crippen molar-refractivity contribution >= 4 is 5.91 Å². The van der Waals surface area contributed by atoms with Gasteiger partial charge in [-0.2, -0.15) is 0 Å². The number of pyridine rings is 1. The normalized spacial score (nSPS) is 28.3. The molecule has 0 N–H and O–H groups in total. The van der Waals surface area contributed by atoms with E-state index in [1.165, 1.54) is 5.56 Å². The highest BCUT2D eigenvalue weighted by molar-refractivity contribution is 5.79. The smallest absolute Gasteiger partial charge is 0.226 e. The molecule has 1 amide bonds. The second kappa shape index (κ2) is 7.26. The number of nitrogens with zero attached hydrogens (tertiary/aromatic N) is 3. The van der Waals surface area contributed by atoms with E-state index >= 15 is 0 Å². The Balaban J connectivity index is 1.36. The number of aromatic nitrogens is 1. The van der Waals surface area contributed by atoms with Gasteiger partial charge in [0.2, 0.25) is 5.91 Å². The van der Waals surface area contributed by atoms with E-state index in [0.717, 1.165) is 45.3 Å². The van der Waals surface area contributed by atoms with Crippen molar-refractivity contribution in [2.45, 2.75) is 43.9 Å². The molecule has 0 bridgehead atoms. The van der Waals surface area contributed by atoms with E-state index in [2.05, 4.69) is 33.0 Å². The molecule has 2 saturated heterocycles. The Hall–Kier alpha value is -1.72. The molecule has 2 unspecified atom stereocenters. The van der Waals surface area contributed by atoms with Gasteiger partial charge < -0.3 is 9.64 Å². The average Bonchev–Trinajstić information content (AvgIpc) is 3.17. The number of hydrogen-bond acceptors (Lipinski definition) is 4. The Kier molecular flexibility index (Phi) is 4.86. The lowest BCUT2D eigenvalue weighted by molar-refractivity contribution is -0.141. The minimum atomic E-state index is 0.196. The van der Waals surface area contributed by atoms with Gasteiger partial charge in [-0.3, -0.25) is 14.7 Å². The maximum atomic E-state index is 12.6. The van der Waals surface area contributed by atoms with Crippen LogP contribution in [0.2, 0.25) is 0 Å². The molecule has 0 saturated carbocycles. The lowest BCUT2D eigenvalue weighted by Gasteiger charge is -2.53. The molecule has 1 aromatic heterocycles. The third-order valence-electron chi connectivity index (χ3n) is 6.03. The van der Waals surface area contributed by atoms with Crippen LogP contribution in [-0.2, 0) is 9.53 Å². The molecular weight excluding hydrogens is 314 g/mol. The van der Waals surface area contributed by atoms with E-state index in [1.807, 2.05) is 18.5 Å². The highest BCUT2D eigenvalue weighted by atomic mass is 16.5. The van der Waals surface area contributed by atoms with Crippen molar-refractivity contribution in [3.05, 3.63) is 42.2 Å². The molecule has 3 heterocycles. The maximum absolute atomic E-state index is 12.6. The van der Waals surface area contributed by atoms with Crippen LogP contribution >= 0.6 is 0 Å². The van der Waals surface area contributed by atoms with Crippen molar-refractivity contribution in [1.82, 2.24) is 14.8 Å². The van der Waals surface area contributed by atoms with E-state index in [1.54, 1.807) is 7.11 Å². The summed E-state index contributed by atoms with van der Waals surface area (Å²) in [4.78, 5) is 21.5. The van der Waals surface area contributed by atoms with Crippen LogP contribution in [0.1, 0.15) is 37.3 Å². The number of ether oxygens (including phenoxy) is 1. The van der Waals surface area contributed by atoms with Gasteiger partial charge in [-0.25, -0.2) is 0 Å². The van der Waals surface area contributed by atoms with Gasteiger partial charge in [0.15, 0.2) is 0 Å². The number of amides is 1. The van der Waals surface area contributed by atoms with Gasteiger partial charge in [-0.05, 0) is 37.3 Å². The lowest BCUT2D eigenvalue weighted by atomic mass is 9.87. The zero-order valence-electron chi connectivity index (χ0n) is 14.9. The van der Waals surface area contributed by atoms with Crippen LogP contribution in [0.25, 0.3) is 0 Å². The summed E-state index contributed by atoms with van der Waals surface area (Å²) in [5, 5.41) is 0. The fourth-order valence-corrected chi connectivity index (χ4v) is 4.53. The van der Waals surface area contributed by atoms with Crippen LogP contribution in [0.5, 0.6) is 0 Å². The fraction of sp³-hybridized carbons (Fsp3) is 0.600. The molecule has 25 heavy (non-hydrogen) atoms. The summed E-state index contributed by atoms with van der Waals surface area (Å²) in [5.41, 5.74) is 1.23. The summed E-state index contributed by atoms with van der Waals surface area (Å²) in [7, 11) is 1.79. The van der Waals surface area contributed by atoms with E-state index in [4.69, 9.17) is 4.74 Å². The molecule has 2 atom stereocenters. The Morgan fingerprint density at radius 3 is 2.64 bits per heavy atom. The van der Waals surface area contributed by atoms with Crippen molar-refractivity contribution in [2.75, 3.05) is 26.7 Å². The minimum absolute atomic E-state index is 0.196. The van der Waals surface area contributed by atoms with Gasteiger partial charge in [-0.15, -0.1) is 0 Å². The molecule has 0 spiro atoms. The van der Waals surface area contributed by atoms with E-state index < -0.39 is 0 Å². The van der Waals surface area contributed by atoms with Crippen molar-refractivity contribution in [3.63, 3.8) is 0 Å². The quantitative estimate of drug-likeness (QED) is 0.789. The van der Waals surface area contributed by atoms with Gasteiger partial charge in [0.05, 0.1) is 12.1 Å². The highest BCUT2D eigenvalue weighted by Crippen LogP contribution is 2.39. The predicted octanol–water partition coefficient (Wildman–Crippen LogP) is 2.41. The topological polar surface area (TPSA) is 45.7 Å². The second-order valence-corrected chi connectivity index (χ2v) is 7.40. The van der Waals surface area contributed by atoms with Gasteiger partial charge in [-0.1, -0.05) is 18.2 Å². The Morgan fingerprint density at radius 1 is 1.24 bits per heavy atom. The van der Waals surface area contributed by atoms with Crippen LogP contribution in [0.15, 0.2) is 36.7 Å².